The maximum Gasteiger partial charge on any atom is 0.124 e. The normalized spacial score (nSPS) is 12.4. The Morgan fingerprint density at radius 1 is 1.47 bits per heavy atom. The minimum absolute atomic E-state index is 0.0163. The predicted molar refractivity (Wildman–Crippen MR) is 70.1 cm³/mol. The van der Waals surface area contributed by atoms with Crippen LogP contribution in [0.4, 0.5) is 0 Å². The van der Waals surface area contributed by atoms with E-state index < -0.39 is 0 Å². The Morgan fingerprint density at radius 2 is 2.24 bits per heavy atom. The van der Waals surface area contributed by atoms with Crippen molar-refractivity contribution in [1.29, 1.82) is 0 Å². The van der Waals surface area contributed by atoms with Gasteiger partial charge in [-0.2, -0.15) is 5.10 Å². The molecule has 1 heterocycles. The number of nitrogens with two attached hydrogens (primary N) is 1. The zero-order valence-corrected chi connectivity index (χ0v) is 11.1. The van der Waals surface area contributed by atoms with Crippen LogP contribution in [-0.4, -0.2) is 23.4 Å². The molecule has 1 aromatic heterocycles. The van der Waals surface area contributed by atoms with Gasteiger partial charge < -0.3 is 10.5 Å². The molecule has 0 saturated heterocycles. The maximum absolute atomic E-state index is 5.84. The zero-order valence-electron chi connectivity index (χ0n) is 9.51. The van der Waals surface area contributed by atoms with E-state index >= 15 is 0 Å². The molecule has 2 aromatic rings. The average molecular weight is 296 g/mol. The Bertz CT molecular complexity index is 498. The van der Waals surface area contributed by atoms with E-state index in [1.165, 1.54) is 0 Å². The average Bonchev–Trinajstić information content (AvgIpc) is 2.77. The Kier molecular flexibility index (Phi) is 3.81. The third-order valence-corrected chi connectivity index (χ3v) is 3.02. The monoisotopic (exact) mass is 295 g/mol. The Hall–Kier alpha value is -1.33. The molecule has 0 amide bonds. The van der Waals surface area contributed by atoms with Crippen LogP contribution in [0.5, 0.6) is 5.75 Å². The second kappa shape index (κ2) is 5.33. The van der Waals surface area contributed by atoms with E-state index in [1.54, 1.807) is 13.3 Å². The van der Waals surface area contributed by atoms with Gasteiger partial charge in [0.2, 0.25) is 0 Å². The molecule has 1 atom stereocenters. The van der Waals surface area contributed by atoms with Crippen LogP contribution < -0.4 is 10.5 Å². The third-order valence-electron chi connectivity index (χ3n) is 2.61. The third kappa shape index (κ3) is 2.50. The number of ether oxygens (including phenoxy) is 1. The number of benzene rings is 1. The van der Waals surface area contributed by atoms with Gasteiger partial charge >= 0.3 is 0 Å². The number of halogens is 1. The van der Waals surface area contributed by atoms with Crippen LogP contribution in [0.25, 0.3) is 0 Å². The molecular weight excluding hydrogens is 282 g/mol. The van der Waals surface area contributed by atoms with Gasteiger partial charge in [-0.1, -0.05) is 18.2 Å². The molecule has 1 unspecified atom stereocenters. The molecule has 2 rings (SSSR count). The van der Waals surface area contributed by atoms with Crippen LogP contribution in [0.2, 0.25) is 0 Å². The van der Waals surface area contributed by atoms with Crippen molar-refractivity contribution in [3.63, 3.8) is 0 Å². The van der Waals surface area contributed by atoms with Crippen LogP contribution in [0, 0.1) is 0 Å². The Labute approximate surface area is 109 Å². The van der Waals surface area contributed by atoms with Crippen molar-refractivity contribution < 1.29 is 4.74 Å². The van der Waals surface area contributed by atoms with E-state index in [2.05, 4.69) is 21.0 Å². The van der Waals surface area contributed by atoms with Crippen molar-refractivity contribution in [2.45, 2.75) is 6.04 Å². The van der Waals surface area contributed by atoms with Crippen LogP contribution in [0.3, 0.4) is 0 Å². The molecular formula is C12H14BrN3O. The summed E-state index contributed by atoms with van der Waals surface area (Å²) in [6.45, 7) is 0.467. The first-order chi connectivity index (χ1) is 8.26. The Morgan fingerprint density at radius 3 is 2.82 bits per heavy atom. The lowest BCUT2D eigenvalue weighted by molar-refractivity contribution is 0.398. The molecule has 0 bridgehead atoms. The number of nitrogens with zero attached hydrogens (tertiary/aromatic N) is 2. The highest BCUT2D eigenvalue weighted by Crippen LogP contribution is 2.27. The molecule has 1 aromatic carbocycles. The molecule has 0 aliphatic carbocycles. The van der Waals surface area contributed by atoms with Gasteiger partial charge in [0, 0.05) is 18.3 Å². The highest BCUT2D eigenvalue weighted by atomic mass is 79.9. The van der Waals surface area contributed by atoms with Gasteiger partial charge in [-0.25, -0.2) is 0 Å². The molecule has 2 N–H and O–H groups in total. The van der Waals surface area contributed by atoms with Gasteiger partial charge in [0.1, 0.15) is 5.75 Å². The van der Waals surface area contributed by atoms with E-state index in [-0.39, 0.29) is 6.04 Å². The van der Waals surface area contributed by atoms with E-state index in [0.717, 1.165) is 15.8 Å². The molecule has 0 fully saturated rings. The van der Waals surface area contributed by atoms with Gasteiger partial charge in [-0.3, -0.25) is 4.68 Å². The SMILES string of the molecule is COc1ccccc1C(CN)n1cc(Br)cn1. The summed E-state index contributed by atoms with van der Waals surface area (Å²) >= 11 is 3.38. The molecule has 0 aliphatic rings. The number of methoxy groups -OCH3 is 1. The van der Waals surface area contributed by atoms with Crippen molar-refractivity contribution in [2.75, 3.05) is 13.7 Å². The second-order valence-electron chi connectivity index (χ2n) is 3.63. The minimum atomic E-state index is -0.0163. The first kappa shape index (κ1) is 12.1. The number of rotatable bonds is 4. The molecule has 4 nitrogen and oxygen atoms in total. The lowest BCUT2D eigenvalue weighted by Crippen LogP contribution is -2.21. The summed E-state index contributed by atoms with van der Waals surface area (Å²) in [5.41, 5.74) is 6.87. The fourth-order valence-electron chi connectivity index (χ4n) is 1.80. The van der Waals surface area contributed by atoms with Crippen molar-refractivity contribution in [3.8, 4) is 5.75 Å². The molecule has 90 valence electrons. The highest BCUT2D eigenvalue weighted by molar-refractivity contribution is 9.10. The van der Waals surface area contributed by atoms with E-state index in [4.69, 9.17) is 10.5 Å². The maximum atomic E-state index is 5.84. The smallest absolute Gasteiger partial charge is 0.124 e. The number of aromatic nitrogens is 2. The molecule has 0 radical (unpaired) electrons. The van der Waals surface area contributed by atoms with Gasteiger partial charge in [0.05, 0.1) is 23.8 Å². The topological polar surface area (TPSA) is 53.1 Å². The largest absolute Gasteiger partial charge is 0.496 e. The fraction of sp³-hybridized carbons (Fsp3) is 0.250. The standard InChI is InChI=1S/C12H14BrN3O/c1-17-12-5-3-2-4-10(12)11(6-14)16-8-9(13)7-15-16/h2-5,7-8,11H,6,14H2,1H3. The first-order valence-corrected chi connectivity index (χ1v) is 6.08. The van der Waals surface area contributed by atoms with Gasteiger partial charge in [-0.05, 0) is 22.0 Å². The first-order valence-electron chi connectivity index (χ1n) is 5.29. The minimum Gasteiger partial charge on any atom is -0.496 e. The lowest BCUT2D eigenvalue weighted by Gasteiger charge is -2.18. The fourth-order valence-corrected chi connectivity index (χ4v) is 2.11. The van der Waals surface area contributed by atoms with Gasteiger partial charge in [0.25, 0.3) is 0 Å². The highest BCUT2D eigenvalue weighted by Gasteiger charge is 2.16. The summed E-state index contributed by atoms with van der Waals surface area (Å²) < 4.78 is 8.12. The summed E-state index contributed by atoms with van der Waals surface area (Å²) in [4.78, 5) is 0. The van der Waals surface area contributed by atoms with E-state index in [9.17, 15) is 0 Å². The van der Waals surface area contributed by atoms with Crippen LogP contribution in [0.15, 0.2) is 41.1 Å². The predicted octanol–water partition coefficient (Wildman–Crippen LogP) is 2.20. The van der Waals surface area contributed by atoms with E-state index in [0.29, 0.717) is 6.54 Å². The number of hydrogen-bond donors (Lipinski definition) is 1. The molecule has 0 aliphatic heterocycles. The quantitative estimate of drug-likeness (QED) is 0.941. The van der Waals surface area contributed by atoms with Crippen LogP contribution in [0.1, 0.15) is 11.6 Å². The van der Waals surface area contributed by atoms with Crippen LogP contribution in [-0.2, 0) is 0 Å². The van der Waals surface area contributed by atoms with Crippen molar-refractivity contribution in [1.82, 2.24) is 9.78 Å². The van der Waals surface area contributed by atoms with Crippen LogP contribution >= 0.6 is 15.9 Å². The molecule has 17 heavy (non-hydrogen) atoms. The second-order valence-corrected chi connectivity index (χ2v) is 4.55. The summed E-state index contributed by atoms with van der Waals surface area (Å²) in [6, 6.07) is 7.83. The van der Waals surface area contributed by atoms with E-state index in [1.807, 2.05) is 35.1 Å². The Balaban J connectivity index is 2.41. The summed E-state index contributed by atoms with van der Waals surface area (Å²) in [5, 5.41) is 4.27. The van der Waals surface area contributed by atoms with Crippen molar-refractivity contribution in [2.24, 2.45) is 5.73 Å². The van der Waals surface area contributed by atoms with Crippen molar-refractivity contribution >= 4 is 15.9 Å². The summed E-state index contributed by atoms with van der Waals surface area (Å²) in [7, 11) is 1.66. The lowest BCUT2D eigenvalue weighted by atomic mass is 10.1. The van der Waals surface area contributed by atoms with Gasteiger partial charge in [0.15, 0.2) is 0 Å². The molecule has 5 heteroatoms. The molecule has 0 saturated carbocycles. The molecule has 0 spiro atoms. The zero-order chi connectivity index (χ0) is 12.3. The van der Waals surface area contributed by atoms with Crippen molar-refractivity contribution in [3.05, 3.63) is 46.7 Å². The summed E-state index contributed by atoms with van der Waals surface area (Å²) in [6.07, 6.45) is 3.65. The summed E-state index contributed by atoms with van der Waals surface area (Å²) in [5.74, 6) is 0.828. The number of hydrogen-bond acceptors (Lipinski definition) is 3. The van der Waals surface area contributed by atoms with Gasteiger partial charge in [-0.15, -0.1) is 0 Å². The number of para-hydroxylation sites is 1.